The van der Waals surface area contributed by atoms with Crippen molar-refractivity contribution < 1.29 is 0 Å². The van der Waals surface area contributed by atoms with Crippen LogP contribution in [0.4, 0.5) is 10.3 Å². The minimum Gasteiger partial charge on any atom is -0.222 e. The fourth-order valence-electron chi connectivity index (χ4n) is 8.00. The van der Waals surface area contributed by atoms with Gasteiger partial charge in [-0.25, -0.2) is 9.97 Å². The molecule has 0 radical (unpaired) electrons. The molecule has 4 aromatic heterocycles. The van der Waals surface area contributed by atoms with Gasteiger partial charge >= 0.3 is 0 Å². The Kier molecular flexibility index (Phi) is 24.7. The van der Waals surface area contributed by atoms with Gasteiger partial charge < -0.3 is 0 Å². The second-order valence-corrected chi connectivity index (χ2v) is 20.2. The van der Waals surface area contributed by atoms with E-state index in [1.54, 1.807) is 22.7 Å². The van der Waals surface area contributed by atoms with Gasteiger partial charge in [0.25, 0.3) is 0 Å². The van der Waals surface area contributed by atoms with Gasteiger partial charge in [0.2, 0.25) is 10.3 Å². The summed E-state index contributed by atoms with van der Waals surface area (Å²) in [5.74, 6) is 1.59. The lowest BCUT2D eigenvalue weighted by Gasteiger charge is -2.17. The first kappa shape index (κ1) is 46.9. The number of unbranched alkanes of at least 4 members (excludes halogenated alkanes) is 16. The summed E-state index contributed by atoms with van der Waals surface area (Å²) in [4.78, 5) is 15.4. The largest absolute Gasteiger partial charge is 0.230 e. The van der Waals surface area contributed by atoms with Crippen LogP contribution in [-0.4, -0.2) is 9.97 Å². The third-order valence-corrected chi connectivity index (χ3v) is 15.6. The average molecular weight is 837 g/mol. The Morgan fingerprint density at radius 1 is 0.482 bits per heavy atom. The molecule has 2 atom stereocenters. The zero-order valence-corrected chi connectivity index (χ0v) is 39.1. The quantitative estimate of drug-likeness (QED) is 0.0348. The molecule has 0 amide bonds. The van der Waals surface area contributed by atoms with Gasteiger partial charge in [0, 0.05) is 20.0 Å². The molecule has 8 heteroatoms. The van der Waals surface area contributed by atoms with Crippen LogP contribution in [0.1, 0.15) is 206 Å². The second kappa shape index (κ2) is 29.5. The fourth-order valence-corrected chi connectivity index (χ4v) is 11.6. The Morgan fingerprint density at radius 3 is 1.57 bits per heavy atom. The number of thiazole rings is 2. The first-order valence-electron chi connectivity index (χ1n) is 23.1. The molecule has 56 heavy (non-hydrogen) atoms. The maximum Gasteiger partial charge on any atom is 0.230 e. The molecule has 4 heterocycles. The number of hydrogen-bond donors (Lipinski definition) is 0. The number of aromatic nitrogens is 2. The molecule has 0 aliphatic heterocycles. The van der Waals surface area contributed by atoms with Crippen LogP contribution in [0.2, 0.25) is 0 Å². The molecular formula is C48H76N4S4. The van der Waals surface area contributed by atoms with Crippen molar-refractivity contribution in [2.75, 3.05) is 0 Å². The van der Waals surface area contributed by atoms with Crippen molar-refractivity contribution in [3.05, 3.63) is 46.4 Å². The van der Waals surface area contributed by atoms with Crippen LogP contribution in [0, 0.1) is 11.8 Å². The third-order valence-electron chi connectivity index (χ3n) is 11.5. The van der Waals surface area contributed by atoms with Gasteiger partial charge in [0.1, 0.15) is 0 Å². The molecule has 0 N–H and O–H groups in total. The highest BCUT2D eigenvalue weighted by Crippen LogP contribution is 2.43. The zero-order chi connectivity index (χ0) is 39.5. The third kappa shape index (κ3) is 18.5. The molecule has 0 bridgehead atoms. The molecule has 4 aromatic rings. The van der Waals surface area contributed by atoms with E-state index in [4.69, 9.17) is 15.1 Å². The van der Waals surface area contributed by atoms with Crippen LogP contribution in [-0.2, 0) is 12.8 Å². The van der Waals surface area contributed by atoms with E-state index in [1.165, 1.54) is 198 Å². The van der Waals surface area contributed by atoms with Crippen LogP contribution in [0.5, 0.6) is 0 Å². The molecule has 0 spiro atoms. The van der Waals surface area contributed by atoms with E-state index < -0.39 is 0 Å². The standard InChI is InChI=1S/C48H76N4S4/c1-5-9-13-17-19-23-28-39(26-21-15-11-7-3)31-33-41-38-54-47(49-41)51-52-48-50-42(46(56-48)45-36-35-44(55-45)43-30-25-37-53-43)34-32-40(27-22-16-12-8-4)29-24-20-18-14-10-6-2/h25,30,35-40H,5-24,26-29,31-34H2,1-4H3/b52-51+. The highest BCUT2D eigenvalue weighted by molar-refractivity contribution is 7.27. The van der Waals surface area contributed by atoms with Gasteiger partial charge in [-0.2, -0.15) is 0 Å². The smallest absolute Gasteiger partial charge is 0.222 e. The summed E-state index contributed by atoms with van der Waals surface area (Å²) in [6.45, 7) is 9.25. The lowest BCUT2D eigenvalue weighted by Crippen LogP contribution is -2.04. The lowest BCUT2D eigenvalue weighted by atomic mass is 9.90. The van der Waals surface area contributed by atoms with Crippen LogP contribution >= 0.6 is 45.3 Å². The van der Waals surface area contributed by atoms with Gasteiger partial charge in [0.15, 0.2) is 0 Å². The van der Waals surface area contributed by atoms with Crippen molar-refractivity contribution in [2.24, 2.45) is 22.1 Å². The number of aryl methyl sites for hydroxylation is 2. The molecule has 0 saturated carbocycles. The maximum absolute atomic E-state index is 5.19. The lowest BCUT2D eigenvalue weighted by molar-refractivity contribution is 0.381. The van der Waals surface area contributed by atoms with Gasteiger partial charge in [-0.1, -0.05) is 199 Å². The van der Waals surface area contributed by atoms with E-state index in [2.05, 4.69) is 67.8 Å². The van der Waals surface area contributed by atoms with Crippen LogP contribution in [0.3, 0.4) is 0 Å². The number of nitrogens with zero attached hydrogens (tertiary/aromatic N) is 4. The van der Waals surface area contributed by atoms with E-state index in [0.717, 1.165) is 34.9 Å². The Labute approximate surface area is 358 Å². The van der Waals surface area contributed by atoms with E-state index in [1.807, 2.05) is 22.7 Å². The summed E-state index contributed by atoms with van der Waals surface area (Å²) in [5, 5.41) is 15.3. The van der Waals surface area contributed by atoms with E-state index >= 15 is 0 Å². The summed E-state index contributed by atoms with van der Waals surface area (Å²) in [7, 11) is 0. The van der Waals surface area contributed by atoms with Crippen molar-refractivity contribution in [2.45, 2.75) is 207 Å². The van der Waals surface area contributed by atoms with Gasteiger partial charge in [-0.05, 0) is 61.1 Å². The molecule has 0 aliphatic rings. The van der Waals surface area contributed by atoms with Crippen molar-refractivity contribution in [3.63, 3.8) is 0 Å². The molecular weight excluding hydrogens is 761 g/mol. The van der Waals surface area contributed by atoms with Crippen molar-refractivity contribution >= 4 is 55.6 Å². The first-order valence-corrected chi connectivity index (χ1v) is 26.5. The Bertz CT molecular complexity index is 1550. The molecule has 4 rings (SSSR count). The van der Waals surface area contributed by atoms with E-state index in [9.17, 15) is 0 Å². The van der Waals surface area contributed by atoms with Crippen LogP contribution in [0.15, 0.2) is 45.3 Å². The van der Waals surface area contributed by atoms with Crippen molar-refractivity contribution in [1.82, 2.24) is 9.97 Å². The van der Waals surface area contributed by atoms with Crippen molar-refractivity contribution in [1.29, 1.82) is 0 Å². The Hall–Kier alpha value is -1.74. The highest BCUT2D eigenvalue weighted by atomic mass is 32.1. The number of hydrogen-bond acceptors (Lipinski definition) is 8. The van der Waals surface area contributed by atoms with E-state index in [-0.39, 0.29) is 0 Å². The van der Waals surface area contributed by atoms with Gasteiger partial charge in [-0.15, -0.1) is 44.2 Å². The summed E-state index contributed by atoms with van der Waals surface area (Å²) in [5.41, 5.74) is 2.39. The SMILES string of the molecule is CCCCCCCCC(CCCCCC)CCc1csc(/N=N/c2nc(CCC(CCCCCC)CCCCCCCC)c(-c3ccc(-c4cccs4)s3)s2)n1. The second-order valence-electron chi connectivity index (χ2n) is 16.4. The van der Waals surface area contributed by atoms with Crippen LogP contribution < -0.4 is 0 Å². The number of thiophene rings is 2. The minimum atomic E-state index is 0.760. The number of rotatable bonds is 34. The summed E-state index contributed by atoms with van der Waals surface area (Å²) >= 11 is 7.05. The van der Waals surface area contributed by atoms with Crippen LogP contribution in [0.25, 0.3) is 19.5 Å². The molecule has 4 nitrogen and oxygen atoms in total. The van der Waals surface area contributed by atoms with E-state index in [0.29, 0.717) is 0 Å². The molecule has 312 valence electrons. The first-order chi connectivity index (χ1) is 27.6. The predicted octanol–water partition coefficient (Wildman–Crippen LogP) is 19.0. The fraction of sp³-hybridized carbons (Fsp3) is 0.708. The zero-order valence-electron chi connectivity index (χ0n) is 35.8. The molecule has 2 unspecified atom stereocenters. The normalized spacial score (nSPS) is 13.0. The summed E-state index contributed by atoms with van der Waals surface area (Å²) in [6.07, 6.45) is 37.4. The maximum atomic E-state index is 5.19. The number of azo groups is 1. The van der Waals surface area contributed by atoms with Gasteiger partial charge in [0.05, 0.1) is 16.3 Å². The molecule has 0 aromatic carbocycles. The Balaban J connectivity index is 1.41. The Morgan fingerprint density at radius 2 is 1.00 bits per heavy atom. The van der Waals surface area contributed by atoms with Crippen molar-refractivity contribution in [3.8, 4) is 19.5 Å². The highest BCUT2D eigenvalue weighted by Gasteiger charge is 2.19. The summed E-state index contributed by atoms with van der Waals surface area (Å²) in [6, 6.07) is 8.96. The average Bonchev–Trinajstić information content (AvgIpc) is 4.05. The van der Waals surface area contributed by atoms with Gasteiger partial charge in [-0.3, -0.25) is 0 Å². The molecule has 0 fully saturated rings. The topological polar surface area (TPSA) is 50.5 Å². The summed E-state index contributed by atoms with van der Waals surface area (Å²) < 4.78 is 0. The molecule has 0 aliphatic carbocycles. The minimum absolute atomic E-state index is 0.760. The molecule has 0 saturated heterocycles. The predicted molar refractivity (Wildman–Crippen MR) is 252 cm³/mol. The monoisotopic (exact) mass is 836 g/mol.